The largest absolute Gasteiger partial charge is 0.497 e. The number of hydrazone groups is 1. The van der Waals surface area contributed by atoms with Crippen molar-refractivity contribution in [1.82, 2.24) is 4.90 Å². The minimum absolute atomic E-state index is 0.0509. The lowest BCUT2D eigenvalue weighted by molar-refractivity contribution is -0.385. The minimum atomic E-state index is -2.69. The lowest BCUT2D eigenvalue weighted by Crippen LogP contribution is -2.52. The molecule has 0 bridgehead atoms. The maximum atomic E-state index is 15.5. The maximum Gasteiger partial charge on any atom is 0.269 e. The van der Waals surface area contributed by atoms with Gasteiger partial charge in [0.1, 0.15) is 5.75 Å². The zero-order valence-electron chi connectivity index (χ0n) is 36.3. The second-order valence-electron chi connectivity index (χ2n) is 17.8. The summed E-state index contributed by atoms with van der Waals surface area (Å²) in [6.07, 6.45) is 0.578. The number of nitro benzene ring substituents is 1. The van der Waals surface area contributed by atoms with E-state index in [0.717, 1.165) is 33.2 Å². The van der Waals surface area contributed by atoms with Gasteiger partial charge in [-0.05, 0) is 64.5 Å². The van der Waals surface area contributed by atoms with Gasteiger partial charge in [-0.15, -0.1) is 0 Å². The Bertz CT molecular complexity index is 2660. The minimum Gasteiger partial charge on any atom is -0.497 e. The number of carbonyl (C=O) groups is 3. The number of nitro groups is 1. The standard InChI is InChI=1S/C50H51N5O8Si/c1-32-48(64(3,4)41-21-19-40(62-2)20-22-41)45(28-47(58)52-30-36-13-9-8-12-35(36)26-39(52)31-56)63-50(32)42-27-38(55(60)61)18-24-44(42)53(49(50)59)29-33-14-16-37(17-15-33)54-46(57)25-23-43(51-54)34-10-6-5-7-11-34/h5-22,24,27,32,39,45,48,56H,23,25-26,28-31H2,1-4H3/t32-,39+,45+,48-,50+/m1/s1. The molecule has 9 rings (SSSR count). The molecule has 4 heterocycles. The Morgan fingerprint density at radius 3 is 2.33 bits per heavy atom. The van der Waals surface area contributed by atoms with Crippen LogP contribution >= 0.6 is 0 Å². The van der Waals surface area contributed by atoms with Crippen molar-refractivity contribution in [3.8, 4) is 5.75 Å². The molecule has 1 spiro atoms. The van der Waals surface area contributed by atoms with Gasteiger partial charge in [0.05, 0.1) is 68.9 Å². The Kier molecular flexibility index (Phi) is 11.3. The number of carbonyl (C=O) groups excluding carboxylic acids is 3. The van der Waals surface area contributed by atoms with E-state index in [-0.39, 0.29) is 48.5 Å². The second kappa shape index (κ2) is 16.9. The van der Waals surface area contributed by atoms with E-state index < -0.39 is 36.7 Å². The topological polar surface area (TPSA) is 155 Å². The van der Waals surface area contributed by atoms with Gasteiger partial charge in [-0.3, -0.25) is 24.5 Å². The number of methoxy groups -OCH3 is 1. The number of nitrogens with zero attached hydrogens (tertiary/aromatic N) is 5. The van der Waals surface area contributed by atoms with Crippen molar-refractivity contribution in [2.24, 2.45) is 11.0 Å². The van der Waals surface area contributed by atoms with Gasteiger partial charge < -0.3 is 24.4 Å². The molecule has 1 fully saturated rings. The Labute approximate surface area is 373 Å². The van der Waals surface area contributed by atoms with Crippen molar-refractivity contribution in [3.05, 3.63) is 159 Å². The molecule has 0 radical (unpaired) electrons. The number of fused-ring (bicyclic) bond motifs is 3. The van der Waals surface area contributed by atoms with E-state index >= 15 is 4.79 Å². The average Bonchev–Trinajstić information content (AvgIpc) is 3.74. The van der Waals surface area contributed by atoms with Gasteiger partial charge in [0.25, 0.3) is 11.6 Å². The van der Waals surface area contributed by atoms with Crippen molar-refractivity contribution >= 4 is 53.8 Å². The summed E-state index contributed by atoms with van der Waals surface area (Å²) in [7, 11) is -1.07. The predicted molar refractivity (Wildman–Crippen MR) is 246 cm³/mol. The van der Waals surface area contributed by atoms with E-state index in [4.69, 9.17) is 14.6 Å². The Morgan fingerprint density at radius 1 is 0.938 bits per heavy atom. The molecule has 0 unspecified atom stereocenters. The van der Waals surface area contributed by atoms with Crippen molar-refractivity contribution in [2.75, 3.05) is 23.6 Å². The maximum absolute atomic E-state index is 15.5. The number of rotatable bonds is 11. The number of hydrogen-bond donors (Lipinski definition) is 1. The number of benzene rings is 5. The molecule has 5 aromatic carbocycles. The van der Waals surface area contributed by atoms with E-state index in [1.807, 2.05) is 110 Å². The van der Waals surface area contributed by atoms with E-state index in [0.29, 0.717) is 48.5 Å². The number of amides is 3. The number of hydrogen-bond acceptors (Lipinski definition) is 9. The summed E-state index contributed by atoms with van der Waals surface area (Å²) in [6.45, 7) is 6.67. The highest BCUT2D eigenvalue weighted by molar-refractivity contribution is 6.91. The van der Waals surface area contributed by atoms with Crippen molar-refractivity contribution in [2.45, 2.75) is 82.1 Å². The summed E-state index contributed by atoms with van der Waals surface area (Å²) in [5.41, 5.74) is 4.01. The van der Waals surface area contributed by atoms with Crippen LogP contribution in [0.2, 0.25) is 18.6 Å². The number of aliphatic hydroxyl groups is 1. The van der Waals surface area contributed by atoms with E-state index in [1.54, 1.807) is 23.0 Å². The van der Waals surface area contributed by atoms with Crippen LogP contribution in [0.3, 0.4) is 0 Å². The molecule has 13 nitrogen and oxygen atoms in total. The third-order valence-corrected chi connectivity index (χ3v) is 18.3. The highest BCUT2D eigenvalue weighted by Crippen LogP contribution is 2.60. The quantitative estimate of drug-likeness (QED) is 0.0828. The first-order valence-corrected chi connectivity index (χ1v) is 24.9. The molecule has 4 aliphatic heterocycles. The first-order valence-electron chi connectivity index (χ1n) is 21.8. The summed E-state index contributed by atoms with van der Waals surface area (Å²) in [5.74, 6) is -0.486. The first-order chi connectivity index (χ1) is 30.8. The van der Waals surface area contributed by atoms with Gasteiger partial charge in [-0.25, -0.2) is 5.01 Å². The second-order valence-corrected chi connectivity index (χ2v) is 22.5. The van der Waals surface area contributed by atoms with Crippen LogP contribution in [-0.4, -0.2) is 72.3 Å². The van der Waals surface area contributed by atoms with Gasteiger partial charge in [-0.1, -0.05) is 104 Å². The summed E-state index contributed by atoms with van der Waals surface area (Å²) in [6, 6.07) is 37.0. The molecule has 4 aliphatic rings. The number of ether oxygens (including phenoxy) is 2. The molecular formula is C50H51N5O8Si. The van der Waals surface area contributed by atoms with E-state index in [1.165, 1.54) is 17.1 Å². The number of anilines is 2. The van der Waals surface area contributed by atoms with Crippen LogP contribution in [0.25, 0.3) is 0 Å². The Hall–Kier alpha value is -6.48. The molecule has 0 saturated carbocycles. The van der Waals surface area contributed by atoms with Crippen molar-refractivity contribution in [3.63, 3.8) is 0 Å². The third-order valence-electron chi connectivity index (χ3n) is 14.0. The average molecular weight is 878 g/mol. The first kappa shape index (κ1) is 42.8. The van der Waals surface area contributed by atoms with Gasteiger partial charge >= 0.3 is 0 Å². The Morgan fingerprint density at radius 2 is 1.64 bits per heavy atom. The summed E-state index contributed by atoms with van der Waals surface area (Å²) in [4.78, 5) is 58.6. The molecule has 0 aliphatic carbocycles. The van der Waals surface area contributed by atoms with Gasteiger partial charge in [-0.2, -0.15) is 5.10 Å². The van der Waals surface area contributed by atoms with E-state index in [2.05, 4.69) is 13.1 Å². The number of aliphatic hydroxyl groups excluding tert-OH is 1. The smallest absolute Gasteiger partial charge is 0.269 e. The fourth-order valence-corrected chi connectivity index (χ4v) is 14.6. The van der Waals surface area contributed by atoms with Crippen LogP contribution in [0.4, 0.5) is 17.1 Å². The highest BCUT2D eigenvalue weighted by atomic mass is 28.3. The monoisotopic (exact) mass is 877 g/mol. The Balaban J connectivity index is 1.08. The van der Waals surface area contributed by atoms with Crippen LogP contribution in [0, 0.1) is 16.0 Å². The summed E-state index contributed by atoms with van der Waals surface area (Å²) in [5, 5.41) is 30.1. The summed E-state index contributed by atoms with van der Waals surface area (Å²) >= 11 is 0. The van der Waals surface area contributed by atoms with Crippen LogP contribution < -0.4 is 19.8 Å². The number of non-ortho nitro benzene ring substituents is 1. The zero-order valence-corrected chi connectivity index (χ0v) is 37.3. The molecule has 5 atom stereocenters. The zero-order chi connectivity index (χ0) is 44.9. The predicted octanol–water partition coefficient (Wildman–Crippen LogP) is 7.23. The fraction of sp³-hybridized carbons (Fsp3) is 0.320. The van der Waals surface area contributed by atoms with E-state index in [9.17, 15) is 24.8 Å². The molecule has 14 heteroatoms. The molecule has 3 amide bonds. The molecular weight excluding hydrogens is 827 g/mol. The normalized spacial score (nSPS) is 23.0. The summed E-state index contributed by atoms with van der Waals surface area (Å²) < 4.78 is 12.7. The molecule has 0 aromatic heterocycles. The van der Waals surface area contributed by atoms with Crippen LogP contribution in [0.15, 0.2) is 126 Å². The van der Waals surface area contributed by atoms with Crippen molar-refractivity contribution in [1.29, 1.82) is 0 Å². The molecule has 1 N–H and O–H groups in total. The van der Waals surface area contributed by atoms with Gasteiger partial charge in [0.15, 0.2) is 5.60 Å². The van der Waals surface area contributed by atoms with Crippen LogP contribution in [0.5, 0.6) is 5.75 Å². The molecule has 328 valence electrons. The van der Waals surface area contributed by atoms with Gasteiger partial charge in [0, 0.05) is 43.0 Å². The van der Waals surface area contributed by atoms with Crippen LogP contribution in [0.1, 0.15) is 54.0 Å². The third kappa shape index (κ3) is 7.38. The fourth-order valence-electron chi connectivity index (χ4n) is 10.6. The lowest BCUT2D eigenvalue weighted by atomic mass is 9.82. The van der Waals surface area contributed by atoms with Crippen molar-refractivity contribution < 1.29 is 33.9 Å². The lowest BCUT2D eigenvalue weighted by Gasteiger charge is -2.39. The molecule has 1 saturated heterocycles. The molecule has 5 aromatic rings. The SMILES string of the molecule is COc1ccc([Si](C)(C)[C@H]2[C@H](CC(=O)N3Cc4ccccc4C[C@H]3CO)O[C@@]3(C(=O)N(Cc4ccc(N5N=C(c6ccccc6)CCC5=O)cc4)c4ccc([N+](=O)[O-])cc43)[C@@H]2C)cc1. The highest BCUT2D eigenvalue weighted by Gasteiger charge is 2.67. The van der Waals surface area contributed by atoms with Crippen LogP contribution in [-0.2, 0) is 44.2 Å². The molecule has 64 heavy (non-hydrogen) atoms. The van der Waals surface area contributed by atoms with Gasteiger partial charge in [0.2, 0.25) is 11.8 Å².